The smallest absolute Gasteiger partial charge is 0.255 e. The van der Waals surface area contributed by atoms with Gasteiger partial charge in [0.25, 0.3) is 5.91 Å². The van der Waals surface area contributed by atoms with E-state index in [-0.39, 0.29) is 11.7 Å². The van der Waals surface area contributed by atoms with Gasteiger partial charge in [-0.2, -0.15) is 0 Å². The van der Waals surface area contributed by atoms with Crippen LogP contribution in [0.1, 0.15) is 22.8 Å². The number of carbonyl (C=O) groups excluding carboxylic acids is 1. The molecule has 0 fully saturated rings. The van der Waals surface area contributed by atoms with E-state index in [4.69, 9.17) is 0 Å². The van der Waals surface area contributed by atoms with Gasteiger partial charge in [-0.15, -0.1) is 0 Å². The molecule has 4 rings (SSSR count). The van der Waals surface area contributed by atoms with Gasteiger partial charge in [0.05, 0.1) is 0 Å². The van der Waals surface area contributed by atoms with Crippen molar-refractivity contribution in [3.05, 3.63) is 102 Å². The molecule has 0 unspecified atom stereocenters. The third kappa shape index (κ3) is 5.11. The third-order valence-electron chi connectivity index (χ3n) is 4.83. The van der Waals surface area contributed by atoms with E-state index in [0.29, 0.717) is 17.2 Å². The fraction of sp³-hybridized carbons (Fsp3) is 0.0800. The van der Waals surface area contributed by atoms with Crippen LogP contribution in [0.2, 0.25) is 0 Å². The summed E-state index contributed by atoms with van der Waals surface area (Å²) in [6, 6.07) is 21.1. The molecule has 2 N–H and O–H groups in total. The molecule has 0 saturated carbocycles. The first-order chi connectivity index (χ1) is 15.1. The maximum Gasteiger partial charge on any atom is 0.255 e. The van der Waals surface area contributed by atoms with Crippen molar-refractivity contribution in [3.63, 3.8) is 0 Å². The second-order valence-electron chi connectivity index (χ2n) is 7.01. The van der Waals surface area contributed by atoms with E-state index in [2.05, 4.69) is 27.5 Å². The molecule has 31 heavy (non-hydrogen) atoms. The zero-order valence-electron chi connectivity index (χ0n) is 17.0. The van der Waals surface area contributed by atoms with Gasteiger partial charge in [-0.1, -0.05) is 37.3 Å². The highest BCUT2D eigenvalue weighted by Gasteiger charge is 2.08. The van der Waals surface area contributed by atoms with E-state index in [1.54, 1.807) is 42.7 Å². The van der Waals surface area contributed by atoms with Crippen LogP contribution < -0.4 is 10.6 Å². The number of benzene rings is 3. The number of amides is 1. The van der Waals surface area contributed by atoms with Crippen molar-refractivity contribution in [2.45, 2.75) is 13.3 Å². The molecular formula is C25H21FN4O. The summed E-state index contributed by atoms with van der Waals surface area (Å²) in [6.45, 7) is 2.09. The van der Waals surface area contributed by atoms with Crippen molar-refractivity contribution in [2.75, 3.05) is 10.6 Å². The van der Waals surface area contributed by atoms with E-state index in [1.165, 1.54) is 17.7 Å². The lowest BCUT2D eigenvalue weighted by Crippen LogP contribution is -2.12. The average Bonchev–Trinajstić information content (AvgIpc) is 2.81. The topological polar surface area (TPSA) is 66.9 Å². The molecule has 0 saturated heterocycles. The Morgan fingerprint density at radius 2 is 1.58 bits per heavy atom. The van der Waals surface area contributed by atoms with Gasteiger partial charge >= 0.3 is 0 Å². The largest absolute Gasteiger partial charge is 0.324 e. The van der Waals surface area contributed by atoms with Crippen molar-refractivity contribution in [1.29, 1.82) is 0 Å². The molecule has 6 heteroatoms. The minimum absolute atomic E-state index is 0.194. The number of anilines is 3. The van der Waals surface area contributed by atoms with Crippen molar-refractivity contribution in [1.82, 2.24) is 9.97 Å². The number of hydrogen-bond donors (Lipinski definition) is 2. The summed E-state index contributed by atoms with van der Waals surface area (Å²) in [5, 5.41) is 6.01. The summed E-state index contributed by atoms with van der Waals surface area (Å²) < 4.78 is 13.1. The standard InChI is InChI=1S/C25H21FN4O/c1-2-17-6-12-22(13-7-17)29-24(31)19-4-3-5-23(14-19)30-25-27-15-20(16-28-25)18-8-10-21(26)11-9-18/h3-16H,2H2,1H3,(H,29,31)(H,27,28,30). The fourth-order valence-corrected chi connectivity index (χ4v) is 3.08. The van der Waals surface area contributed by atoms with E-state index in [1.807, 2.05) is 30.3 Å². The number of hydrogen-bond acceptors (Lipinski definition) is 4. The van der Waals surface area contributed by atoms with Gasteiger partial charge in [0.1, 0.15) is 5.82 Å². The monoisotopic (exact) mass is 412 g/mol. The van der Waals surface area contributed by atoms with Crippen molar-refractivity contribution in [3.8, 4) is 11.1 Å². The normalized spacial score (nSPS) is 10.5. The number of halogens is 1. The second kappa shape index (κ2) is 9.17. The van der Waals surface area contributed by atoms with Gasteiger partial charge in [0.15, 0.2) is 0 Å². The number of carbonyl (C=O) groups is 1. The zero-order valence-corrected chi connectivity index (χ0v) is 17.0. The lowest BCUT2D eigenvalue weighted by Gasteiger charge is -2.09. The van der Waals surface area contributed by atoms with E-state index >= 15 is 0 Å². The third-order valence-corrected chi connectivity index (χ3v) is 4.83. The number of aryl methyl sites for hydroxylation is 1. The molecular weight excluding hydrogens is 391 g/mol. The Labute approximate surface area is 180 Å². The Kier molecular flexibility index (Phi) is 5.98. The second-order valence-corrected chi connectivity index (χ2v) is 7.01. The molecule has 1 amide bonds. The summed E-state index contributed by atoms with van der Waals surface area (Å²) in [7, 11) is 0. The molecule has 3 aromatic carbocycles. The summed E-state index contributed by atoms with van der Waals surface area (Å²) in [4.78, 5) is 21.2. The Morgan fingerprint density at radius 1 is 0.871 bits per heavy atom. The maximum atomic E-state index is 13.1. The van der Waals surface area contributed by atoms with Gasteiger partial charge in [-0.25, -0.2) is 14.4 Å². The molecule has 1 heterocycles. The van der Waals surface area contributed by atoms with Crippen LogP contribution in [0.5, 0.6) is 0 Å². The minimum atomic E-state index is -0.287. The van der Waals surface area contributed by atoms with E-state index < -0.39 is 0 Å². The Bertz CT molecular complexity index is 1170. The predicted octanol–water partition coefficient (Wildman–Crippen LogP) is 5.84. The summed E-state index contributed by atoms with van der Waals surface area (Å²) in [5.74, 6) is -0.0797. The molecule has 4 aromatic rings. The minimum Gasteiger partial charge on any atom is -0.324 e. The predicted molar refractivity (Wildman–Crippen MR) is 121 cm³/mol. The molecule has 0 aliphatic carbocycles. The zero-order chi connectivity index (χ0) is 21.6. The van der Waals surface area contributed by atoms with Crippen molar-refractivity contribution in [2.24, 2.45) is 0 Å². The number of aromatic nitrogens is 2. The lowest BCUT2D eigenvalue weighted by molar-refractivity contribution is 0.102. The van der Waals surface area contributed by atoms with Gasteiger partial charge in [0, 0.05) is 34.9 Å². The molecule has 0 bridgehead atoms. The molecule has 0 radical (unpaired) electrons. The van der Waals surface area contributed by atoms with Crippen LogP contribution in [0, 0.1) is 5.82 Å². The van der Waals surface area contributed by atoms with E-state index in [9.17, 15) is 9.18 Å². The van der Waals surface area contributed by atoms with Crippen molar-refractivity contribution < 1.29 is 9.18 Å². The fourth-order valence-electron chi connectivity index (χ4n) is 3.08. The Morgan fingerprint density at radius 3 is 2.26 bits per heavy atom. The highest BCUT2D eigenvalue weighted by Crippen LogP contribution is 2.20. The first-order valence-electron chi connectivity index (χ1n) is 9.96. The van der Waals surface area contributed by atoms with Crippen LogP contribution in [0.4, 0.5) is 21.7 Å². The molecule has 154 valence electrons. The molecule has 0 atom stereocenters. The van der Waals surface area contributed by atoms with Crippen LogP contribution >= 0.6 is 0 Å². The first kappa shape index (κ1) is 20.2. The number of nitrogens with zero attached hydrogens (tertiary/aromatic N) is 2. The molecule has 0 aliphatic rings. The highest BCUT2D eigenvalue weighted by atomic mass is 19.1. The summed E-state index contributed by atoms with van der Waals surface area (Å²) >= 11 is 0. The summed E-state index contributed by atoms with van der Waals surface area (Å²) in [6.07, 6.45) is 4.28. The van der Waals surface area contributed by atoms with Gasteiger partial charge in [0.2, 0.25) is 5.95 Å². The quantitative estimate of drug-likeness (QED) is 0.417. The van der Waals surface area contributed by atoms with Crippen LogP contribution in [-0.4, -0.2) is 15.9 Å². The maximum absolute atomic E-state index is 13.1. The number of rotatable bonds is 6. The summed E-state index contributed by atoms with van der Waals surface area (Å²) in [5.41, 5.74) is 4.80. The van der Waals surface area contributed by atoms with Crippen molar-refractivity contribution >= 4 is 23.2 Å². The average molecular weight is 412 g/mol. The van der Waals surface area contributed by atoms with Crippen LogP contribution in [0.15, 0.2) is 85.2 Å². The molecule has 0 spiro atoms. The molecule has 5 nitrogen and oxygen atoms in total. The Hall–Kier alpha value is -4.06. The van der Waals surface area contributed by atoms with Gasteiger partial charge in [-0.05, 0) is 60.0 Å². The lowest BCUT2D eigenvalue weighted by atomic mass is 10.1. The van der Waals surface area contributed by atoms with Gasteiger partial charge in [-0.3, -0.25) is 4.79 Å². The number of nitrogens with one attached hydrogen (secondary N) is 2. The Balaban J connectivity index is 1.44. The van der Waals surface area contributed by atoms with Crippen LogP contribution in [0.25, 0.3) is 11.1 Å². The molecule has 1 aromatic heterocycles. The van der Waals surface area contributed by atoms with Crippen LogP contribution in [-0.2, 0) is 6.42 Å². The van der Waals surface area contributed by atoms with E-state index in [0.717, 1.165) is 23.2 Å². The van der Waals surface area contributed by atoms with Crippen LogP contribution in [0.3, 0.4) is 0 Å². The van der Waals surface area contributed by atoms with Gasteiger partial charge < -0.3 is 10.6 Å². The SMILES string of the molecule is CCc1ccc(NC(=O)c2cccc(Nc3ncc(-c4ccc(F)cc4)cn3)c2)cc1. The molecule has 0 aliphatic heterocycles. The highest BCUT2D eigenvalue weighted by molar-refractivity contribution is 6.04. The first-order valence-corrected chi connectivity index (χ1v) is 9.96.